The van der Waals surface area contributed by atoms with Crippen LogP contribution in [0.3, 0.4) is 0 Å². The van der Waals surface area contributed by atoms with Gasteiger partial charge in [0, 0.05) is 6.42 Å². The van der Waals surface area contributed by atoms with Crippen LogP contribution in [0.1, 0.15) is 12.8 Å². The Morgan fingerprint density at radius 2 is 1.81 bits per heavy atom. The Morgan fingerprint density at radius 3 is 2.19 bits per heavy atom. The van der Waals surface area contributed by atoms with E-state index < -0.39 is 19.3 Å². The summed E-state index contributed by atoms with van der Waals surface area (Å²) in [5.74, 6) is -0.853. The molecule has 0 heterocycles. The Hall–Kier alpha value is -1.03. The van der Waals surface area contributed by atoms with E-state index in [0.29, 0.717) is 0 Å². The van der Waals surface area contributed by atoms with Crippen molar-refractivity contribution < 1.29 is 19.7 Å². The second kappa shape index (κ2) is 10.5. The quantitative estimate of drug-likeness (QED) is 0.317. The molecule has 2 atom stereocenters. The maximum absolute atomic E-state index is 8.65. The summed E-state index contributed by atoms with van der Waals surface area (Å²) in [7, 11) is -2.17. The molecule has 0 aliphatic heterocycles. The van der Waals surface area contributed by atoms with E-state index in [2.05, 4.69) is 9.69 Å². The standard InChI is InChI=1S/C7H8BN3O4.Li.H/c9-3-1-2-6(4-10)7(5-11)14-15-8(12)13;;/h6-7,12-13H,1-2H2;;. The number of hydrogen-bond donors (Lipinski definition) is 2. The minimum absolute atomic E-state index is 0. The molecule has 2 N–H and O–H groups in total. The molecule has 0 aliphatic rings. The van der Waals surface area contributed by atoms with Crippen molar-refractivity contribution in [3.05, 3.63) is 0 Å². The first-order chi connectivity index (χ1) is 7.15. The van der Waals surface area contributed by atoms with Crippen LogP contribution < -0.4 is 0 Å². The third-order valence-corrected chi connectivity index (χ3v) is 1.47. The molecule has 0 spiro atoms. The Morgan fingerprint density at radius 1 is 1.19 bits per heavy atom. The monoisotopic (exact) mass is 217 g/mol. The van der Waals surface area contributed by atoms with E-state index in [9.17, 15) is 0 Å². The Labute approximate surface area is 105 Å². The molecule has 80 valence electrons. The zero-order chi connectivity index (χ0) is 11.7. The van der Waals surface area contributed by atoms with E-state index >= 15 is 0 Å². The molecule has 7 nitrogen and oxygen atoms in total. The summed E-state index contributed by atoms with van der Waals surface area (Å²) < 4.78 is 0. The topological polar surface area (TPSA) is 130 Å². The second-order valence-electron chi connectivity index (χ2n) is 2.50. The van der Waals surface area contributed by atoms with Crippen LogP contribution >= 0.6 is 0 Å². The number of nitrogens with zero attached hydrogens (tertiary/aromatic N) is 3. The fourth-order valence-corrected chi connectivity index (χ4v) is 0.792. The van der Waals surface area contributed by atoms with Gasteiger partial charge in [-0.3, -0.25) is 0 Å². The molecule has 0 fully saturated rings. The molecule has 0 amide bonds. The molecule has 0 aliphatic carbocycles. The van der Waals surface area contributed by atoms with Gasteiger partial charge in [-0.05, 0) is 6.42 Å². The summed E-state index contributed by atoms with van der Waals surface area (Å²) in [6, 6.07) is 5.21. The summed E-state index contributed by atoms with van der Waals surface area (Å²) in [6.45, 7) is 0. The summed E-state index contributed by atoms with van der Waals surface area (Å²) in [4.78, 5) is 8.22. The zero-order valence-electron chi connectivity index (χ0n) is 7.70. The van der Waals surface area contributed by atoms with Gasteiger partial charge in [0.15, 0.2) is 6.10 Å². The molecule has 0 saturated heterocycles. The van der Waals surface area contributed by atoms with Crippen LogP contribution in [0.25, 0.3) is 0 Å². The fraction of sp³-hybridized carbons (Fsp3) is 0.571. The van der Waals surface area contributed by atoms with Crippen molar-refractivity contribution in [2.75, 3.05) is 0 Å². The van der Waals surface area contributed by atoms with Gasteiger partial charge < -0.3 is 10.0 Å². The van der Waals surface area contributed by atoms with Crippen molar-refractivity contribution in [1.29, 1.82) is 15.8 Å². The summed E-state index contributed by atoms with van der Waals surface area (Å²) >= 11 is 0. The third-order valence-electron chi connectivity index (χ3n) is 1.47. The first-order valence-electron chi connectivity index (χ1n) is 4.00. The predicted molar refractivity (Wildman–Crippen MR) is 52.9 cm³/mol. The van der Waals surface area contributed by atoms with Crippen LogP contribution in [0, 0.1) is 39.9 Å². The van der Waals surface area contributed by atoms with Gasteiger partial charge in [-0.2, -0.15) is 15.8 Å². The molecule has 9 heteroatoms. The molecule has 0 rings (SSSR count). The molecule has 0 aromatic heterocycles. The van der Waals surface area contributed by atoms with Crippen LogP contribution in [0.15, 0.2) is 0 Å². The van der Waals surface area contributed by atoms with Gasteiger partial charge >= 0.3 is 26.2 Å². The molecule has 16 heavy (non-hydrogen) atoms. The summed E-state index contributed by atoms with van der Waals surface area (Å²) in [5, 5.41) is 42.1. The summed E-state index contributed by atoms with van der Waals surface area (Å²) in [6.07, 6.45) is -1.01. The van der Waals surface area contributed by atoms with Crippen LogP contribution in [-0.2, 0) is 9.69 Å². The van der Waals surface area contributed by atoms with Crippen molar-refractivity contribution >= 4 is 26.2 Å². The normalized spacial score (nSPS) is 12.2. The zero-order valence-corrected chi connectivity index (χ0v) is 7.70. The van der Waals surface area contributed by atoms with Crippen LogP contribution in [0.5, 0.6) is 0 Å². The third kappa shape index (κ3) is 7.29. The van der Waals surface area contributed by atoms with E-state index in [-0.39, 0.29) is 31.7 Å². The van der Waals surface area contributed by atoms with E-state index in [1.807, 2.05) is 6.07 Å². The van der Waals surface area contributed by atoms with Crippen molar-refractivity contribution in [2.45, 2.75) is 18.9 Å². The summed E-state index contributed by atoms with van der Waals surface area (Å²) in [5.41, 5.74) is 0. The van der Waals surface area contributed by atoms with Crippen LogP contribution in [0.4, 0.5) is 0 Å². The van der Waals surface area contributed by atoms with Gasteiger partial charge in [0.25, 0.3) is 0 Å². The van der Waals surface area contributed by atoms with Gasteiger partial charge in [-0.25, -0.2) is 9.69 Å². The Balaban J connectivity index is 0. The van der Waals surface area contributed by atoms with E-state index in [1.165, 1.54) is 0 Å². The van der Waals surface area contributed by atoms with Gasteiger partial charge in [-0.1, -0.05) is 0 Å². The second-order valence-corrected chi connectivity index (χ2v) is 2.50. The van der Waals surface area contributed by atoms with Crippen molar-refractivity contribution in [3.8, 4) is 18.2 Å². The molecule has 2 unspecified atom stereocenters. The molecular formula is C7H9BLiN3O4. The molecule has 0 aromatic carbocycles. The first-order valence-corrected chi connectivity index (χ1v) is 4.00. The fourth-order valence-electron chi connectivity index (χ4n) is 0.792. The van der Waals surface area contributed by atoms with Crippen LogP contribution in [-0.4, -0.2) is 42.3 Å². The van der Waals surface area contributed by atoms with E-state index in [1.54, 1.807) is 12.1 Å². The molecule has 0 bridgehead atoms. The predicted octanol–water partition coefficient (Wildman–Crippen LogP) is -1.41. The number of hydrogen-bond acceptors (Lipinski definition) is 7. The average molecular weight is 217 g/mol. The van der Waals surface area contributed by atoms with Crippen molar-refractivity contribution in [1.82, 2.24) is 0 Å². The Bertz CT molecular complexity index is 308. The van der Waals surface area contributed by atoms with Gasteiger partial charge in [0.2, 0.25) is 0 Å². The van der Waals surface area contributed by atoms with Gasteiger partial charge in [-0.15, -0.1) is 0 Å². The number of rotatable bonds is 6. The van der Waals surface area contributed by atoms with Crippen LogP contribution in [0.2, 0.25) is 0 Å². The van der Waals surface area contributed by atoms with Crippen molar-refractivity contribution in [2.24, 2.45) is 5.92 Å². The first kappa shape index (κ1) is 17.4. The maximum atomic E-state index is 8.65. The van der Waals surface area contributed by atoms with Gasteiger partial charge in [0.05, 0.1) is 24.1 Å². The van der Waals surface area contributed by atoms with Crippen molar-refractivity contribution in [3.63, 3.8) is 0 Å². The van der Waals surface area contributed by atoms with E-state index in [4.69, 9.17) is 25.8 Å². The van der Waals surface area contributed by atoms with E-state index in [0.717, 1.165) is 0 Å². The molecule has 0 radical (unpaired) electrons. The molecule has 0 saturated carbocycles. The SMILES string of the molecule is N#CCCC(C#N)C(C#N)OOB(O)O.[LiH]. The van der Waals surface area contributed by atoms with Gasteiger partial charge in [0.1, 0.15) is 0 Å². The Kier molecular flexibility index (Phi) is 11.4. The number of nitriles is 3. The average Bonchev–Trinajstić information content (AvgIpc) is 2.22. The minimum atomic E-state index is -2.17. The molecular weight excluding hydrogens is 208 g/mol. The molecule has 0 aromatic rings.